The summed E-state index contributed by atoms with van der Waals surface area (Å²) in [6.45, 7) is 0. The van der Waals surface area contributed by atoms with E-state index in [1.165, 1.54) is 12.4 Å². The Bertz CT molecular complexity index is 748. The highest BCUT2D eigenvalue weighted by molar-refractivity contribution is 9.10. The fourth-order valence-corrected chi connectivity index (χ4v) is 2.49. The molecule has 5 heteroatoms. The third kappa shape index (κ3) is 2.41. The monoisotopic (exact) mass is 334 g/mol. The predicted molar refractivity (Wildman–Crippen MR) is 78.8 cm³/mol. The largest absolute Gasteiger partial charge is 0.435 e. The Kier molecular flexibility index (Phi) is 3.36. The first-order valence-electron chi connectivity index (χ1n) is 5.57. The number of fused-ring (bicyclic) bond motifs is 1. The molecule has 0 N–H and O–H groups in total. The first-order chi connectivity index (χ1) is 9.25. The summed E-state index contributed by atoms with van der Waals surface area (Å²) in [6, 6.07) is 11.9. The first-order valence-corrected chi connectivity index (χ1v) is 6.74. The van der Waals surface area contributed by atoms with Gasteiger partial charge >= 0.3 is 0 Å². The Morgan fingerprint density at radius 1 is 1.00 bits per heavy atom. The molecule has 2 aromatic carbocycles. The van der Waals surface area contributed by atoms with Gasteiger partial charge in [-0.25, -0.2) is 9.97 Å². The molecule has 0 saturated heterocycles. The van der Waals surface area contributed by atoms with Gasteiger partial charge in [-0.1, -0.05) is 41.9 Å². The van der Waals surface area contributed by atoms with Crippen molar-refractivity contribution in [2.75, 3.05) is 0 Å². The lowest BCUT2D eigenvalue weighted by molar-refractivity contribution is 0.458. The van der Waals surface area contributed by atoms with Gasteiger partial charge in [0.2, 0.25) is 0 Å². The summed E-state index contributed by atoms with van der Waals surface area (Å²) in [6.07, 6.45) is 3.06. The second-order valence-corrected chi connectivity index (χ2v) is 5.00. The number of benzene rings is 2. The predicted octanol–water partition coefficient (Wildman–Crippen LogP) is 4.84. The second kappa shape index (κ2) is 5.15. The molecule has 19 heavy (non-hydrogen) atoms. The lowest BCUT2D eigenvalue weighted by Gasteiger charge is -2.09. The summed E-state index contributed by atoms with van der Waals surface area (Å²) in [5, 5.41) is 2.44. The molecule has 0 aliphatic heterocycles. The van der Waals surface area contributed by atoms with E-state index < -0.39 is 0 Å². The fraction of sp³-hybridized carbons (Fsp3) is 0. The number of halogens is 2. The molecule has 1 heterocycles. The lowest BCUT2D eigenvalue weighted by atomic mass is 10.1. The number of aromatic nitrogens is 2. The highest BCUT2D eigenvalue weighted by Crippen LogP contribution is 2.36. The molecule has 3 aromatic rings. The molecule has 0 fully saturated rings. The molecule has 94 valence electrons. The van der Waals surface area contributed by atoms with Crippen LogP contribution in [0.4, 0.5) is 0 Å². The highest BCUT2D eigenvalue weighted by Gasteiger charge is 2.10. The van der Waals surface area contributed by atoms with E-state index in [0.717, 1.165) is 15.2 Å². The molecule has 0 saturated carbocycles. The number of ether oxygens (including phenoxy) is 1. The van der Waals surface area contributed by atoms with Crippen molar-refractivity contribution in [3.63, 3.8) is 0 Å². The van der Waals surface area contributed by atoms with E-state index in [9.17, 15) is 0 Å². The first kappa shape index (κ1) is 12.4. The van der Waals surface area contributed by atoms with Gasteiger partial charge in [-0.2, -0.15) is 0 Å². The van der Waals surface area contributed by atoms with Crippen LogP contribution in [0.2, 0.25) is 5.15 Å². The van der Waals surface area contributed by atoms with E-state index in [1.807, 2.05) is 36.4 Å². The molecule has 0 radical (unpaired) electrons. The number of nitrogens with zero attached hydrogens (tertiary/aromatic N) is 2. The summed E-state index contributed by atoms with van der Waals surface area (Å²) in [5.41, 5.74) is 0. The van der Waals surface area contributed by atoms with Gasteiger partial charge in [-0.05, 0) is 32.8 Å². The van der Waals surface area contributed by atoms with E-state index in [1.54, 1.807) is 0 Å². The minimum atomic E-state index is 0.238. The van der Waals surface area contributed by atoms with Crippen LogP contribution in [0.5, 0.6) is 11.6 Å². The zero-order valence-corrected chi connectivity index (χ0v) is 12.0. The maximum absolute atomic E-state index is 5.93. The molecule has 0 aliphatic rings. The molecule has 0 aliphatic carbocycles. The molecule has 0 bridgehead atoms. The molecule has 0 unspecified atom stereocenters. The van der Waals surface area contributed by atoms with Crippen LogP contribution in [0.25, 0.3) is 10.8 Å². The SMILES string of the molecule is Clc1nccnc1Oc1ccc2ccccc2c1Br. The molecule has 0 amide bonds. The topological polar surface area (TPSA) is 35.0 Å². The van der Waals surface area contributed by atoms with E-state index in [0.29, 0.717) is 11.6 Å². The van der Waals surface area contributed by atoms with Gasteiger partial charge in [0.25, 0.3) is 5.88 Å². The molecule has 0 atom stereocenters. The van der Waals surface area contributed by atoms with Crippen molar-refractivity contribution in [1.82, 2.24) is 9.97 Å². The van der Waals surface area contributed by atoms with Crippen molar-refractivity contribution in [1.29, 1.82) is 0 Å². The minimum Gasteiger partial charge on any atom is -0.435 e. The van der Waals surface area contributed by atoms with Gasteiger partial charge in [-0.3, -0.25) is 0 Å². The third-order valence-electron chi connectivity index (χ3n) is 2.66. The van der Waals surface area contributed by atoms with E-state index >= 15 is 0 Å². The van der Waals surface area contributed by atoms with Crippen molar-refractivity contribution < 1.29 is 4.74 Å². The number of hydrogen-bond acceptors (Lipinski definition) is 3. The van der Waals surface area contributed by atoms with Gasteiger partial charge in [-0.15, -0.1) is 0 Å². The number of rotatable bonds is 2. The van der Waals surface area contributed by atoms with Crippen LogP contribution >= 0.6 is 27.5 Å². The number of hydrogen-bond donors (Lipinski definition) is 0. The Labute approximate surface area is 123 Å². The van der Waals surface area contributed by atoms with Crippen LogP contribution in [-0.2, 0) is 0 Å². The summed E-state index contributed by atoms with van der Waals surface area (Å²) in [7, 11) is 0. The summed E-state index contributed by atoms with van der Waals surface area (Å²) < 4.78 is 6.56. The second-order valence-electron chi connectivity index (χ2n) is 3.85. The molecular formula is C14H8BrClN2O. The zero-order valence-electron chi connectivity index (χ0n) is 9.68. The fourth-order valence-electron chi connectivity index (χ4n) is 1.77. The van der Waals surface area contributed by atoms with Crippen molar-refractivity contribution in [3.8, 4) is 11.6 Å². The summed E-state index contributed by atoms with van der Waals surface area (Å²) in [4.78, 5) is 7.99. The van der Waals surface area contributed by atoms with Crippen LogP contribution < -0.4 is 4.74 Å². The Morgan fingerprint density at radius 3 is 2.63 bits per heavy atom. The molecule has 0 spiro atoms. The zero-order chi connectivity index (χ0) is 13.2. The summed E-state index contributed by atoms with van der Waals surface area (Å²) >= 11 is 9.48. The Morgan fingerprint density at radius 2 is 1.79 bits per heavy atom. The van der Waals surface area contributed by atoms with Gasteiger partial charge in [0.1, 0.15) is 5.75 Å². The van der Waals surface area contributed by atoms with Crippen LogP contribution in [0, 0.1) is 0 Å². The van der Waals surface area contributed by atoms with Crippen LogP contribution in [-0.4, -0.2) is 9.97 Å². The van der Waals surface area contributed by atoms with Gasteiger partial charge in [0.15, 0.2) is 5.15 Å². The average molecular weight is 336 g/mol. The maximum atomic E-state index is 5.93. The highest BCUT2D eigenvalue weighted by atomic mass is 79.9. The van der Waals surface area contributed by atoms with Crippen molar-refractivity contribution in [2.24, 2.45) is 0 Å². The van der Waals surface area contributed by atoms with Gasteiger partial charge < -0.3 is 4.74 Å². The smallest absolute Gasteiger partial charge is 0.257 e. The van der Waals surface area contributed by atoms with Gasteiger partial charge in [0, 0.05) is 12.4 Å². The quantitative estimate of drug-likeness (QED) is 0.672. The van der Waals surface area contributed by atoms with Crippen molar-refractivity contribution >= 4 is 38.3 Å². The van der Waals surface area contributed by atoms with Crippen molar-refractivity contribution in [2.45, 2.75) is 0 Å². The Balaban J connectivity index is 2.07. The van der Waals surface area contributed by atoms with Crippen LogP contribution in [0.1, 0.15) is 0 Å². The third-order valence-corrected chi connectivity index (χ3v) is 3.73. The normalized spacial score (nSPS) is 10.6. The lowest BCUT2D eigenvalue weighted by Crippen LogP contribution is -1.91. The van der Waals surface area contributed by atoms with Crippen LogP contribution in [0.15, 0.2) is 53.3 Å². The standard InChI is InChI=1S/C14H8BrClN2O/c15-12-10-4-2-1-3-9(10)5-6-11(12)19-14-13(16)17-7-8-18-14/h1-8H. The molecular weight excluding hydrogens is 328 g/mol. The van der Waals surface area contributed by atoms with Gasteiger partial charge in [0.05, 0.1) is 4.47 Å². The average Bonchev–Trinajstić information content (AvgIpc) is 2.44. The molecule has 3 nitrogen and oxygen atoms in total. The molecule has 1 aromatic heterocycles. The Hall–Kier alpha value is -1.65. The van der Waals surface area contributed by atoms with E-state index in [-0.39, 0.29) is 5.15 Å². The summed E-state index contributed by atoms with van der Waals surface area (Å²) in [5.74, 6) is 0.946. The van der Waals surface area contributed by atoms with E-state index in [4.69, 9.17) is 16.3 Å². The minimum absolute atomic E-state index is 0.238. The van der Waals surface area contributed by atoms with Crippen molar-refractivity contribution in [3.05, 3.63) is 58.4 Å². The van der Waals surface area contributed by atoms with Crippen LogP contribution in [0.3, 0.4) is 0 Å². The molecule has 3 rings (SSSR count). The van der Waals surface area contributed by atoms with E-state index in [2.05, 4.69) is 25.9 Å². The maximum Gasteiger partial charge on any atom is 0.257 e.